The number of hydrogen-bond donors (Lipinski definition) is 0. The second kappa shape index (κ2) is 8.38. The molecular weight excluding hydrogens is 314 g/mol. The molecule has 0 atom stereocenters. The van der Waals surface area contributed by atoms with Crippen LogP contribution in [0.15, 0.2) is 48.5 Å². The minimum Gasteiger partial charge on any atom is -0.493 e. The molecule has 0 aliphatic rings. The lowest BCUT2D eigenvalue weighted by atomic mass is 10.1. The third-order valence-electron chi connectivity index (χ3n) is 3.67. The van der Waals surface area contributed by atoms with Gasteiger partial charge < -0.3 is 14.4 Å². The van der Waals surface area contributed by atoms with E-state index in [-0.39, 0.29) is 11.9 Å². The van der Waals surface area contributed by atoms with Gasteiger partial charge in [-0.15, -0.1) is 0 Å². The molecule has 0 N–H and O–H groups in total. The number of benzene rings is 2. The molecular formula is C21H25NO3. The Hall–Kier alpha value is -2.75. The van der Waals surface area contributed by atoms with Crippen molar-refractivity contribution < 1.29 is 14.3 Å². The first-order chi connectivity index (χ1) is 11.9. The maximum atomic E-state index is 12.4. The zero-order chi connectivity index (χ0) is 18.4. The van der Waals surface area contributed by atoms with Crippen LogP contribution in [0.4, 0.5) is 5.69 Å². The summed E-state index contributed by atoms with van der Waals surface area (Å²) < 4.78 is 11.2. The van der Waals surface area contributed by atoms with E-state index in [1.807, 2.05) is 75.3 Å². The van der Waals surface area contributed by atoms with Gasteiger partial charge >= 0.3 is 0 Å². The first-order valence-electron chi connectivity index (χ1n) is 8.26. The normalized spacial score (nSPS) is 11.0. The third kappa shape index (κ3) is 4.86. The van der Waals surface area contributed by atoms with Crippen LogP contribution in [0.3, 0.4) is 0 Å². The monoisotopic (exact) mass is 339 g/mol. The first kappa shape index (κ1) is 18.6. The number of ether oxygens (including phenoxy) is 2. The van der Waals surface area contributed by atoms with E-state index in [0.717, 1.165) is 11.3 Å². The molecule has 0 fully saturated rings. The van der Waals surface area contributed by atoms with E-state index in [0.29, 0.717) is 17.1 Å². The Kier molecular flexibility index (Phi) is 6.23. The van der Waals surface area contributed by atoms with E-state index in [9.17, 15) is 4.79 Å². The number of carbonyl (C=O) groups is 1. The number of allylic oxidation sites excluding steroid dienone is 1. The summed E-state index contributed by atoms with van der Waals surface area (Å²) in [5, 5.41) is 0. The van der Waals surface area contributed by atoms with Gasteiger partial charge in [0, 0.05) is 30.9 Å². The minimum atomic E-state index is -0.0522. The zero-order valence-corrected chi connectivity index (χ0v) is 15.4. The SMILES string of the molecule is COc1cccc(/C=C/C(=O)c2ccc(N(C)C)cc2)c1OC(C)C. The van der Waals surface area contributed by atoms with Crippen LogP contribution >= 0.6 is 0 Å². The van der Waals surface area contributed by atoms with E-state index in [1.54, 1.807) is 19.3 Å². The number of carbonyl (C=O) groups excluding carboxylic acids is 1. The molecule has 0 radical (unpaired) electrons. The molecule has 0 bridgehead atoms. The molecule has 0 saturated carbocycles. The summed E-state index contributed by atoms with van der Waals surface area (Å²) in [5.41, 5.74) is 2.52. The lowest BCUT2D eigenvalue weighted by Crippen LogP contribution is -2.08. The predicted molar refractivity (Wildman–Crippen MR) is 103 cm³/mol. The van der Waals surface area contributed by atoms with Crippen LogP contribution in [0.5, 0.6) is 11.5 Å². The van der Waals surface area contributed by atoms with Crippen molar-refractivity contribution in [3.63, 3.8) is 0 Å². The second-order valence-electron chi connectivity index (χ2n) is 6.18. The highest BCUT2D eigenvalue weighted by Gasteiger charge is 2.11. The predicted octanol–water partition coefficient (Wildman–Crippen LogP) is 4.44. The van der Waals surface area contributed by atoms with E-state index in [1.165, 1.54) is 0 Å². The summed E-state index contributed by atoms with van der Waals surface area (Å²) in [6.07, 6.45) is 3.34. The van der Waals surface area contributed by atoms with Crippen LogP contribution in [0.1, 0.15) is 29.8 Å². The van der Waals surface area contributed by atoms with Gasteiger partial charge in [-0.1, -0.05) is 12.1 Å². The number of anilines is 1. The fourth-order valence-electron chi connectivity index (χ4n) is 2.37. The lowest BCUT2D eigenvalue weighted by molar-refractivity contribution is 0.104. The summed E-state index contributed by atoms with van der Waals surface area (Å²) in [4.78, 5) is 14.4. The van der Waals surface area contributed by atoms with Crippen LogP contribution in [0.2, 0.25) is 0 Å². The number of hydrogen-bond acceptors (Lipinski definition) is 4. The highest BCUT2D eigenvalue weighted by molar-refractivity contribution is 6.07. The largest absolute Gasteiger partial charge is 0.493 e. The average Bonchev–Trinajstić information content (AvgIpc) is 2.60. The van der Waals surface area contributed by atoms with Crippen molar-refractivity contribution in [2.75, 3.05) is 26.1 Å². The molecule has 2 aromatic carbocycles. The van der Waals surface area contributed by atoms with E-state index in [2.05, 4.69) is 0 Å². The Morgan fingerprint density at radius 2 is 1.76 bits per heavy atom. The molecule has 2 rings (SSSR count). The Morgan fingerprint density at radius 1 is 1.08 bits per heavy atom. The van der Waals surface area contributed by atoms with Gasteiger partial charge in [0.25, 0.3) is 0 Å². The molecule has 25 heavy (non-hydrogen) atoms. The van der Waals surface area contributed by atoms with Crippen molar-refractivity contribution in [2.45, 2.75) is 20.0 Å². The molecule has 132 valence electrons. The minimum absolute atomic E-state index is 0.0118. The van der Waals surface area contributed by atoms with Crippen molar-refractivity contribution in [3.8, 4) is 11.5 Å². The Balaban J connectivity index is 2.24. The molecule has 0 spiro atoms. The van der Waals surface area contributed by atoms with E-state index >= 15 is 0 Å². The number of para-hydroxylation sites is 1. The van der Waals surface area contributed by atoms with Gasteiger partial charge in [0.2, 0.25) is 0 Å². The number of methoxy groups -OCH3 is 1. The van der Waals surface area contributed by atoms with Crippen molar-refractivity contribution in [3.05, 3.63) is 59.7 Å². The van der Waals surface area contributed by atoms with E-state index < -0.39 is 0 Å². The van der Waals surface area contributed by atoms with Crippen molar-refractivity contribution in [1.82, 2.24) is 0 Å². The van der Waals surface area contributed by atoms with Gasteiger partial charge in [-0.2, -0.15) is 0 Å². The van der Waals surface area contributed by atoms with Gasteiger partial charge in [0.05, 0.1) is 13.2 Å². The fraction of sp³-hybridized carbons (Fsp3) is 0.286. The molecule has 2 aromatic rings. The zero-order valence-electron chi connectivity index (χ0n) is 15.4. The van der Waals surface area contributed by atoms with Gasteiger partial charge in [-0.05, 0) is 56.3 Å². The van der Waals surface area contributed by atoms with Gasteiger partial charge in [0.1, 0.15) is 0 Å². The standard InChI is InChI=1S/C21H25NO3/c1-15(2)25-21-17(7-6-8-20(21)24-5)11-14-19(23)16-9-12-18(13-10-16)22(3)4/h6-15H,1-5H3/b14-11+. The van der Waals surface area contributed by atoms with Gasteiger partial charge in [-0.25, -0.2) is 0 Å². The maximum absolute atomic E-state index is 12.4. The van der Waals surface area contributed by atoms with Crippen molar-refractivity contribution >= 4 is 17.5 Å². The summed E-state index contributed by atoms with van der Waals surface area (Å²) in [7, 11) is 5.54. The molecule has 0 heterocycles. The quantitative estimate of drug-likeness (QED) is 0.552. The Labute approximate surface area is 149 Å². The average molecular weight is 339 g/mol. The van der Waals surface area contributed by atoms with Crippen LogP contribution in [-0.2, 0) is 0 Å². The highest BCUT2D eigenvalue weighted by atomic mass is 16.5. The molecule has 0 unspecified atom stereocenters. The van der Waals surface area contributed by atoms with Crippen LogP contribution in [0, 0.1) is 0 Å². The first-order valence-corrected chi connectivity index (χ1v) is 8.26. The topological polar surface area (TPSA) is 38.8 Å². The number of rotatable bonds is 7. The molecule has 0 aliphatic carbocycles. The second-order valence-corrected chi connectivity index (χ2v) is 6.18. The molecule has 0 amide bonds. The maximum Gasteiger partial charge on any atom is 0.185 e. The summed E-state index contributed by atoms with van der Waals surface area (Å²) >= 11 is 0. The molecule has 4 heteroatoms. The van der Waals surface area contributed by atoms with Crippen LogP contribution in [0.25, 0.3) is 6.08 Å². The van der Waals surface area contributed by atoms with E-state index in [4.69, 9.17) is 9.47 Å². The number of ketones is 1. The fourth-order valence-corrected chi connectivity index (χ4v) is 2.37. The number of nitrogens with zero attached hydrogens (tertiary/aromatic N) is 1. The van der Waals surface area contributed by atoms with Crippen molar-refractivity contribution in [2.24, 2.45) is 0 Å². The van der Waals surface area contributed by atoms with Gasteiger partial charge in [-0.3, -0.25) is 4.79 Å². The van der Waals surface area contributed by atoms with Crippen LogP contribution in [-0.4, -0.2) is 33.1 Å². The smallest absolute Gasteiger partial charge is 0.185 e. The Bertz CT molecular complexity index is 746. The highest BCUT2D eigenvalue weighted by Crippen LogP contribution is 2.33. The molecule has 0 saturated heterocycles. The van der Waals surface area contributed by atoms with Gasteiger partial charge in [0.15, 0.2) is 17.3 Å². The summed E-state index contributed by atoms with van der Waals surface area (Å²) in [6.45, 7) is 3.91. The summed E-state index contributed by atoms with van der Waals surface area (Å²) in [6, 6.07) is 13.1. The molecule has 0 aliphatic heterocycles. The van der Waals surface area contributed by atoms with Crippen molar-refractivity contribution in [1.29, 1.82) is 0 Å². The summed E-state index contributed by atoms with van der Waals surface area (Å²) in [5.74, 6) is 1.24. The molecule has 4 nitrogen and oxygen atoms in total. The lowest BCUT2D eigenvalue weighted by Gasteiger charge is -2.15. The third-order valence-corrected chi connectivity index (χ3v) is 3.67. The molecule has 0 aromatic heterocycles. The van der Waals surface area contributed by atoms with Crippen LogP contribution < -0.4 is 14.4 Å². The Morgan fingerprint density at radius 3 is 2.32 bits per heavy atom.